The Morgan fingerprint density at radius 2 is 1.50 bits per heavy atom. The molecule has 1 heteroatoms. The van der Waals surface area contributed by atoms with E-state index in [0.29, 0.717) is 6.42 Å². The molecule has 0 fully saturated rings. The second-order valence-corrected chi connectivity index (χ2v) is 5.74. The van der Waals surface area contributed by atoms with Gasteiger partial charge in [-0.05, 0) is 45.2 Å². The van der Waals surface area contributed by atoms with E-state index in [4.69, 9.17) is 0 Å². The molecule has 0 aliphatic heterocycles. The highest BCUT2D eigenvalue weighted by Crippen LogP contribution is 2.16. The first-order valence-corrected chi connectivity index (χ1v) is 7.13. The molecule has 0 bridgehead atoms. The summed E-state index contributed by atoms with van der Waals surface area (Å²) in [7, 11) is 0. The SMILES string of the molecule is Cc1cc(C)cc(CCC(=O)c2ccc(C)cc2C)c1. The van der Waals surface area contributed by atoms with E-state index in [1.165, 1.54) is 22.3 Å². The first kappa shape index (κ1) is 14.5. The summed E-state index contributed by atoms with van der Waals surface area (Å²) in [6, 6.07) is 12.5. The van der Waals surface area contributed by atoms with E-state index in [0.717, 1.165) is 17.5 Å². The first-order valence-electron chi connectivity index (χ1n) is 7.13. The standard InChI is InChI=1S/C19H22O/c1-13-5-7-18(16(4)10-13)19(20)8-6-17-11-14(2)9-15(3)12-17/h5,7,9-12H,6,8H2,1-4H3. The van der Waals surface area contributed by atoms with E-state index in [1.807, 2.05) is 19.1 Å². The summed E-state index contributed by atoms with van der Waals surface area (Å²) < 4.78 is 0. The van der Waals surface area contributed by atoms with Gasteiger partial charge in [-0.3, -0.25) is 4.79 Å². The lowest BCUT2D eigenvalue weighted by Crippen LogP contribution is -2.04. The number of Topliss-reactive ketones (excluding diaryl/α,β-unsaturated/α-hetero) is 1. The van der Waals surface area contributed by atoms with Crippen LogP contribution in [0.5, 0.6) is 0 Å². The maximum absolute atomic E-state index is 12.3. The van der Waals surface area contributed by atoms with Crippen molar-refractivity contribution in [2.45, 2.75) is 40.5 Å². The van der Waals surface area contributed by atoms with Crippen LogP contribution in [-0.2, 0) is 6.42 Å². The zero-order valence-electron chi connectivity index (χ0n) is 12.8. The van der Waals surface area contributed by atoms with Crippen molar-refractivity contribution in [3.63, 3.8) is 0 Å². The molecule has 0 heterocycles. The fourth-order valence-corrected chi connectivity index (χ4v) is 2.73. The van der Waals surface area contributed by atoms with Gasteiger partial charge in [-0.1, -0.05) is 53.1 Å². The van der Waals surface area contributed by atoms with Crippen molar-refractivity contribution < 1.29 is 4.79 Å². The number of hydrogen-bond acceptors (Lipinski definition) is 1. The number of rotatable bonds is 4. The van der Waals surface area contributed by atoms with Gasteiger partial charge in [-0.15, -0.1) is 0 Å². The molecule has 0 unspecified atom stereocenters. The first-order chi connectivity index (χ1) is 9.45. The summed E-state index contributed by atoms with van der Waals surface area (Å²) >= 11 is 0. The van der Waals surface area contributed by atoms with Crippen molar-refractivity contribution >= 4 is 5.78 Å². The van der Waals surface area contributed by atoms with Crippen molar-refractivity contribution in [3.05, 3.63) is 69.8 Å². The topological polar surface area (TPSA) is 17.1 Å². The largest absolute Gasteiger partial charge is 0.294 e. The number of carbonyl (C=O) groups excluding carboxylic acids is 1. The Balaban J connectivity index is 2.08. The fraction of sp³-hybridized carbons (Fsp3) is 0.316. The summed E-state index contributed by atoms with van der Waals surface area (Å²) in [6.45, 7) is 8.26. The van der Waals surface area contributed by atoms with E-state index < -0.39 is 0 Å². The van der Waals surface area contributed by atoms with Crippen LogP contribution in [0.1, 0.15) is 44.6 Å². The Kier molecular flexibility index (Phi) is 4.39. The number of hydrogen-bond donors (Lipinski definition) is 0. The molecular weight excluding hydrogens is 244 g/mol. The third kappa shape index (κ3) is 3.57. The fourth-order valence-electron chi connectivity index (χ4n) is 2.73. The van der Waals surface area contributed by atoms with Gasteiger partial charge < -0.3 is 0 Å². The molecule has 0 spiro atoms. The number of benzene rings is 2. The lowest BCUT2D eigenvalue weighted by molar-refractivity contribution is 0.0982. The molecule has 0 aromatic heterocycles. The highest BCUT2D eigenvalue weighted by molar-refractivity contribution is 5.97. The van der Waals surface area contributed by atoms with Crippen LogP contribution in [0.3, 0.4) is 0 Å². The summed E-state index contributed by atoms with van der Waals surface area (Å²) in [4.78, 5) is 12.3. The molecule has 0 atom stereocenters. The smallest absolute Gasteiger partial charge is 0.163 e. The molecule has 2 rings (SSSR count). The molecule has 2 aromatic rings. The minimum Gasteiger partial charge on any atom is -0.294 e. The van der Waals surface area contributed by atoms with Gasteiger partial charge in [0.25, 0.3) is 0 Å². The van der Waals surface area contributed by atoms with E-state index in [2.05, 4.69) is 45.0 Å². The monoisotopic (exact) mass is 266 g/mol. The predicted octanol–water partition coefficient (Wildman–Crippen LogP) is 4.74. The van der Waals surface area contributed by atoms with Crippen molar-refractivity contribution in [1.29, 1.82) is 0 Å². The van der Waals surface area contributed by atoms with E-state index >= 15 is 0 Å². The van der Waals surface area contributed by atoms with Crippen molar-refractivity contribution in [2.24, 2.45) is 0 Å². The van der Waals surface area contributed by atoms with Crippen molar-refractivity contribution in [2.75, 3.05) is 0 Å². The van der Waals surface area contributed by atoms with Crippen molar-refractivity contribution in [1.82, 2.24) is 0 Å². The van der Waals surface area contributed by atoms with Gasteiger partial charge in [0.05, 0.1) is 0 Å². The zero-order valence-corrected chi connectivity index (χ0v) is 12.8. The minimum atomic E-state index is 0.238. The quantitative estimate of drug-likeness (QED) is 0.731. The Morgan fingerprint density at radius 3 is 2.10 bits per heavy atom. The lowest BCUT2D eigenvalue weighted by atomic mass is 9.97. The van der Waals surface area contributed by atoms with E-state index in [1.54, 1.807) is 0 Å². The molecule has 0 aliphatic rings. The molecule has 0 N–H and O–H groups in total. The van der Waals surface area contributed by atoms with Crippen LogP contribution in [-0.4, -0.2) is 5.78 Å². The van der Waals surface area contributed by atoms with E-state index in [-0.39, 0.29) is 5.78 Å². The number of ketones is 1. The average molecular weight is 266 g/mol. The van der Waals surface area contributed by atoms with Crippen LogP contribution < -0.4 is 0 Å². The Morgan fingerprint density at radius 1 is 0.850 bits per heavy atom. The second-order valence-electron chi connectivity index (χ2n) is 5.74. The van der Waals surface area contributed by atoms with Gasteiger partial charge in [-0.2, -0.15) is 0 Å². The summed E-state index contributed by atoms with van der Waals surface area (Å²) in [5.41, 5.74) is 6.92. The highest BCUT2D eigenvalue weighted by Gasteiger charge is 2.09. The predicted molar refractivity (Wildman–Crippen MR) is 84.5 cm³/mol. The molecule has 0 saturated carbocycles. The lowest BCUT2D eigenvalue weighted by Gasteiger charge is -2.07. The van der Waals surface area contributed by atoms with Gasteiger partial charge in [0, 0.05) is 12.0 Å². The Hall–Kier alpha value is -1.89. The van der Waals surface area contributed by atoms with Crippen LogP contribution in [0.15, 0.2) is 36.4 Å². The maximum atomic E-state index is 12.3. The number of aryl methyl sites for hydroxylation is 5. The van der Waals surface area contributed by atoms with Gasteiger partial charge >= 0.3 is 0 Å². The van der Waals surface area contributed by atoms with Gasteiger partial charge in [0.1, 0.15) is 0 Å². The molecule has 0 amide bonds. The Bertz CT molecular complexity index is 618. The molecule has 0 aliphatic carbocycles. The zero-order chi connectivity index (χ0) is 14.7. The van der Waals surface area contributed by atoms with Gasteiger partial charge in [-0.25, -0.2) is 0 Å². The maximum Gasteiger partial charge on any atom is 0.163 e. The van der Waals surface area contributed by atoms with Crippen molar-refractivity contribution in [3.8, 4) is 0 Å². The summed E-state index contributed by atoms with van der Waals surface area (Å²) in [5, 5.41) is 0. The van der Waals surface area contributed by atoms with Gasteiger partial charge in [0.15, 0.2) is 5.78 Å². The van der Waals surface area contributed by atoms with Crippen LogP contribution in [0.2, 0.25) is 0 Å². The normalized spacial score (nSPS) is 10.6. The minimum absolute atomic E-state index is 0.238. The molecule has 0 saturated heterocycles. The molecule has 2 aromatic carbocycles. The molecular formula is C19H22O. The van der Waals surface area contributed by atoms with Gasteiger partial charge in [0.2, 0.25) is 0 Å². The molecule has 104 valence electrons. The van der Waals surface area contributed by atoms with Crippen LogP contribution in [0, 0.1) is 27.7 Å². The highest BCUT2D eigenvalue weighted by atomic mass is 16.1. The molecule has 20 heavy (non-hydrogen) atoms. The molecule has 1 nitrogen and oxygen atoms in total. The Labute approximate surface area is 121 Å². The second kappa shape index (κ2) is 6.04. The average Bonchev–Trinajstić information content (AvgIpc) is 2.35. The summed E-state index contributed by atoms with van der Waals surface area (Å²) in [5.74, 6) is 0.238. The third-order valence-corrected chi connectivity index (χ3v) is 3.60. The van der Waals surface area contributed by atoms with E-state index in [9.17, 15) is 4.79 Å². The summed E-state index contributed by atoms with van der Waals surface area (Å²) in [6.07, 6.45) is 1.39. The van der Waals surface area contributed by atoms with Crippen LogP contribution >= 0.6 is 0 Å². The molecule has 0 radical (unpaired) electrons. The number of carbonyl (C=O) groups is 1. The third-order valence-electron chi connectivity index (χ3n) is 3.60. The van der Waals surface area contributed by atoms with Crippen LogP contribution in [0.4, 0.5) is 0 Å². The van der Waals surface area contributed by atoms with Crippen LogP contribution in [0.25, 0.3) is 0 Å².